The van der Waals surface area contributed by atoms with Gasteiger partial charge < -0.3 is 9.88 Å². The van der Waals surface area contributed by atoms with Gasteiger partial charge >= 0.3 is 0 Å². The molecular weight excluding hydrogens is 262 g/mol. The van der Waals surface area contributed by atoms with Crippen LogP contribution >= 0.6 is 0 Å². The van der Waals surface area contributed by atoms with E-state index in [1.165, 1.54) is 5.69 Å². The molecule has 0 aliphatic carbocycles. The van der Waals surface area contributed by atoms with Gasteiger partial charge in [0.25, 0.3) is 0 Å². The molecule has 0 bridgehead atoms. The first-order valence-electron chi connectivity index (χ1n) is 7.07. The molecule has 0 aromatic carbocycles. The van der Waals surface area contributed by atoms with Crippen molar-refractivity contribution in [2.45, 2.75) is 39.3 Å². The van der Waals surface area contributed by atoms with Gasteiger partial charge in [-0.15, -0.1) is 0 Å². The highest BCUT2D eigenvalue weighted by atomic mass is 32.2. The lowest BCUT2D eigenvalue weighted by Crippen LogP contribution is -2.26. The van der Waals surface area contributed by atoms with E-state index in [1.54, 1.807) is 0 Å². The molecule has 3 heterocycles. The number of sulfone groups is 1. The quantitative estimate of drug-likeness (QED) is 0.879. The molecule has 1 unspecified atom stereocenters. The van der Waals surface area contributed by atoms with Crippen LogP contribution in [0.15, 0.2) is 0 Å². The van der Waals surface area contributed by atoms with Crippen LogP contribution in [0.3, 0.4) is 0 Å². The van der Waals surface area contributed by atoms with Gasteiger partial charge in [-0.25, -0.2) is 13.4 Å². The molecule has 1 fully saturated rings. The second-order valence-electron chi connectivity index (χ2n) is 5.58. The van der Waals surface area contributed by atoms with Crippen molar-refractivity contribution < 1.29 is 8.42 Å². The lowest BCUT2D eigenvalue weighted by Gasteiger charge is -2.18. The SMILES string of the molecule is CCc1nc2c(n1CC1CCS(=O)(=O)C1)CCNC2. The number of aromatic nitrogens is 2. The second kappa shape index (κ2) is 4.90. The molecule has 0 saturated carbocycles. The number of fused-ring (bicyclic) bond motifs is 1. The number of imidazole rings is 1. The third-order valence-corrected chi connectivity index (χ3v) is 5.99. The maximum absolute atomic E-state index is 11.6. The van der Waals surface area contributed by atoms with E-state index in [2.05, 4.69) is 16.8 Å². The predicted octanol–water partition coefficient (Wildman–Crippen LogP) is 0.526. The van der Waals surface area contributed by atoms with Crippen molar-refractivity contribution in [3.05, 3.63) is 17.2 Å². The van der Waals surface area contributed by atoms with E-state index in [-0.39, 0.29) is 5.92 Å². The van der Waals surface area contributed by atoms with Crippen LogP contribution < -0.4 is 5.32 Å². The number of nitrogens with one attached hydrogen (secondary N) is 1. The fourth-order valence-electron chi connectivity index (χ4n) is 3.19. The molecule has 1 aromatic heterocycles. The van der Waals surface area contributed by atoms with Crippen LogP contribution in [-0.4, -0.2) is 36.0 Å². The molecule has 3 rings (SSSR count). The maximum Gasteiger partial charge on any atom is 0.150 e. The van der Waals surface area contributed by atoms with Crippen molar-refractivity contribution in [1.29, 1.82) is 0 Å². The van der Waals surface area contributed by atoms with Crippen LogP contribution in [-0.2, 0) is 35.8 Å². The summed E-state index contributed by atoms with van der Waals surface area (Å²) in [5.74, 6) is 2.08. The fraction of sp³-hybridized carbons (Fsp3) is 0.769. The maximum atomic E-state index is 11.6. The second-order valence-corrected chi connectivity index (χ2v) is 7.81. The summed E-state index contributed by atoms with van der Waals surface area (Å²) >= 11 is 0. The van der Waals surface area contributed by atoms with Gasteiger partial charge in [0.1, 0.15) is 5.82 Å². The van der Waals surface area contributed by atoms with Gasteiger partial charge in [0.2, 0.25) is 0 Å². The van der Waals surface area contributed by atoms with Crippen molar-refractivity contribution in [1.82, 2.24) is 14.9 Å². The summed E-state index contributed by atoms with van der Waals surface area (Å²) < 4.78 is 25.4. The van der Waals surface area contributed by atoms with Crippen LogP contribution in [0.5, 0.6) is 0 Å². The Morgan fingerprint density at radius 3 is 3.00 bits per heavy atom. The van der Waals surface area contributed by atoms with Crippen LogP contribution in [0.4, 0.5) is 0 Å². The molecule has 2 aliphatic rings. The zero-order valence-electron chi connectivity index (χ0n) is 11.4. The third kappa shape index (κ3) is 2.56. The molecule has 1 aromatic rings. The highest BCUT2D eigenvalue weighted by molar-refractivity contribution is 7.91. The van der Waals surface area contributed by atoms with Gasteiger partial charge in [-0.1, -0.05) is 6.92 Å². The van der Waals surface area contributed by atoms with Gasteiger partial charge in [-0.05, 0) is 12.3 Å². The van der Waals surface area contributed by atoms with Gasteiger partial charge in [0.05, 0.1) is 17.2 Å². The first-order valence-corrected chi connectivity index (χ1v) is 8.89. The average Bonchev–Trinajstić information content (AvgIpc) is 2.91. The molecule has 0 radical (unpaired) electrons. The van der Waals surface area contributed by atoms with Crippen molar-refractivity contribution in [3.8, 4) is 0 Å². The van der Waals surface area contributed by atoms with Crippen molar-refractivity contribution in [3.63, 3.8) is 0 Å². The van der Waals surface area contributed by atoms with Gasteiger partial charge in [-0.2, -0.15) is 0 Å². The lowest BCUT2D eigenvalue weighted by molar-refractivity contribution is 0.462. The number of rotatable bonds is 3. The van der Waals surface area contributed by atoms with Crippen molar-refractivity contribution >= 4 is 9.84 Å². The van der Waals surface area contributed by atoms with E-state index in [4.69, 9.17) is 4.98 Å². The largest absolute Gasteiger partial charge is 0.331 e. The summed E-state index contributed by atoms with van der Waals surface area (Å²) in [5, 5.41) is 3.34. The first kappa shape index (κ1) is 13.1. The Morgan fingerprint density at radius 1 is 1.47 bits per heavy atom. The smallest absolute Gasteiger partial charge is 0.150 e. The average molecular weight is 283 g/mol. The molecule has 1 saturated heterocycles. The van der Waals surface area contributed by atoms with Crippen LogP contribution in [0.25, 0.3) is 0 Å². The Kier molecular flexibility index (Phi) is 3.39. The topological polar surface area (TPSA) is 64.0 Å². The summed E-state index contributed by atoms with van der Waals surface area (Å²) in [6.07, 6.45) is 2.71. The Labute approximate surface area is 114 Å². The molecule has 0 spiro atoms. The van der Waals surface area contributed by atoms with Gasteiger partial charge in [0, 0.05) is 38.2 Å². The van der Waals surface area contributed by atoms with E-state index in [0.29, 0.717) is 11.5 Å². The standard InChI is InChI=1S/C13H21N3O2S/c1-2-13-15-11-7-14-5-3-12(11)16(13)8-10-4-6-19(17,18)9-10/h10,14H,2-9H2,1H3. The third-order valence-electron chi connectivity index (χ3n) is 4.15. The summed E-state index contributed by atoms with van der Waals surface area (Å²) in [5.41, 5.74) is 2.48. The summed E-state index contributed by atoms with van der Waals surface area (Å²) in [6, 6.07) is 0. The number of hydrogen-bond donors (Lipinski definition) is 1. The first-order chi connectivity index (χ1) is 9.09. The molecule has 106 valence electrons. The predicted molar refractivity (Wildman–Crippen MR) is 73.8 cm³/mol. The van der Waals surface area contributed by atoms with Gasteiger partial charge in [-0.3, -0.25) is 0 Å². The van der Waals surface area contributed by atoms with Gasteiger partial charge in [0.15, 0.2) is 9.84 Å². The highest BCUT2D eigenvalue weighted by Crippen LogP contribution is 2.24. The summed E-state index contributed by atoms with van der Waals surface area (Å²) in [7, 11) is -2.79. The Balaban J connectivity index is 1.86. The minimum atomic E-state index is -2.79. The summed E-state index contributed by atoms with van der Waals surface area (Å²) in [4.78, 5) is 4.70. The van der Waals surface area contributed by atoms with E-state index in [1.807, 2.05) is 0 Å². The molecule has 1 atom stereocenters. The number of nitrogens with zero attached hydrogens (tertiary/aromatic N) is 2. The van der Waals surface area contributed by atoms with E-state index in [9.17, 15) is 8.42 Å². The molecular formula is C13H21N3O2S. The lowest BCUT2D eigenvalue weighted by atomic mass is 10.1. The Morgan fingerprint density at radius 2 is 2.32 bits per heavy atom. The van der Waals surface area contributed by atoms with E-state index >= 15 is 0 Å². The van der Waals surface area contributed by atoms with Crippen LogP contribution in [0.2, 0.25) is 0 Å². The van der Waals surface area contributed by atoms with Crippen LogP contribution in [0, 0.1) is 5.92 Å². The molecule has 1 N–H and O–H groups in total. The van der Waals surface area contributed by atoms with E-state index < -0.39 is 9.84 Å². The molecule has 19 heavy (non-hydrogen) atoms. The monoisotopic (exact) mass is 283 g/mol. The minimum Gasteiger partial charge on any atom is -0.331 e. The van der Waals surface area contributed by atoms with E-state index in [0.717, 1.165) is 50.4 Å². The highest BCUT2D eigenvalue weighted by Gasteiger charge is 2.30. The molecule has 6 heteroatoms. The normalized spacial score (nSPS) is 25.4. The Bertz CT molecular complexity index is 577. The van der Waals surface area contributed by atoms with Crippen molar-refractivity contribution in [2.24, 2.45) is 5.92 Å². The molecule has 5 nitrogen and oxygen atoms in total. The number of aryl methyl sites for hydroxylation is 1. The minimum absolute atomic E-state index is 0.267. The fourth-order valence-corrected chi connectivity index (χ4v) is 5.04. The van der Waals surface area contributed by atoms with Crippen LogP contribution in [0.1, 0.15) is 30.6 Å². The molecule has 2 aliphatic heterocycles. The zero-order chi connectivity index (χ0) is 13.5. The molecule has 0 amide bonds. The number of hydrogen-bond acceptors (Lipinski definition) is 4. The van der Waals surface area contributed by atoms with Crippen molar-refractivity contribution in [2.75, 3.05) is 18.1 Å². The summed E-state index contributed by atoms with van der Waals surface area (Å²) in [6.45, 7) is 4.77. The Hall–Kier alpha value is -0.880. The zero-order valence-corrected chi connectivity index (χ0v) is 12.2.